The SMILES string of the molecule is CC(C)CCn1c(=O)n(CCc2ccc(N)cc2)c2ccccc21. The number of aromatic nitrogens is 2. The molecule has 0 amide bonds. The monoisotopic (exact) mass is 323 g/mol. The Kier molecular flexibility index (Phi) is 4.74. The van der Waals surface area contributed by atoms with E-state index in [-0.39, 0.29) is 5.69 Å². The highest BCUT2D eigenvalue weighted by Gasteiger charge is 2.12. The van der Waals surface area contributed by atoms with E-state index in [2.05, 4.69) is 13.8 Å². The molecule has 0 bridgehead atoms. The molecule has 0 spiro atoms. The summed E-state index contributed by atoms with van der Waals surface area (Å²) in [6.45, 7) is 5.82. The maximum Gasteiger partial charge on any atom is 0.329 e. The molecule has 3 rings (SSSR count). The Labute approximate surface area is 142 Å². The number of rotatable bonds is 6. The fraction of sp³-hybridized carbons (Fsp3) is 0.350. The predicted molar refractivity (Wildman–Crippen MR) is 100 cm³/mol. The van der Waals surface area contributed by atoms with Crippen LogP contribution in [0, 0.1) is 5.92 Å². The minimum atomic E-state index is 0.0901. The van der Waals surface area contributed by atoms with Crippen molar-refractivity contribution >= 4 is 16.7 Å². The molecule has 0 saturated heterocycles. The number of nitrogen functional groups attached to an aromatic ring is 1. The van der Waals surface area contributed by atoms with Gasteiger partial charge >= 0.3 is 5.69 Å². The molecule has 0 atom stereocenters. The minimum absolute atomic E-state index is 0.0901. The molecule has 0 aliphatic heterocycles. The third-order valence-electron chi connectivity index (χ3n) is 4.46. The zero-order valence-electron chi connectivity index (χ0n) is 14.4. The fourth-order valence-corrected chi connectivity index (χ4v) is 3.02. The minimum Gasteiger partial charge on any atom is -0.399 e. The summed E-state index contributed by atoms with van der Waals surface area (Å²) in [7, 11) is 0. The van der Waals surface area contributed by atoms with E-state index in [9.17, 15) is 4.79 Å². The van der Waals surface area contributed by atoms with E-state index in [1.807, 2.05) is 57.7 Å². The zero-order chi connectivity index (χ0) is 17.1. The molecule has 0 saturated carbocycles. The standard InChI is InChI=1S/C20H25N3O/c1-15(2)11-13-22-18-5-3-4-6-19(18)23(20(22)24)14-12-16-7-9-17(21)10-8-16/h3-10,15H,11-14,21H2,1-2H3. The highest BCUT2D eigenvalue weighted by molar-refractivity contribution is 5.76. The highest BCUT2D eigenvalue weighted by Crippen LogP contribution is 2.15. The van der Waals surface area contributed by atoms with E-state index >= 15 is 0 Å². The maximum absolute atomic E-state index is 12.9. The van der Waals surface area contributed by atoms with Gasteiger partial charge in [0.25, 0.3) is 0 Å². The second kappa shape index (κ2) is 6.95. The van der Waals surface area contributed by atoms with Gasteiger partial charge in [0, 0.05) is 18.8 Å². The van der Waals surface area contributed by atoms with Crippen LogP contribution in [0.4, 0.5) is 5.69 Å². The van der Waals surface area contributed by atoms with Crippen molar-refractivity contribution in [3.05, 3.63) is 64.6 Å². The molecule has 0 radical (unpaired) electrons. The number of aryl methyl sites for hydroxylation is 3. The summed E-state index contributed by atoms with van der Waals surface area (Å²) in [6.07, 6.45) is 1.82. The van der Waals surface area contributed by atoms with E-state index in [0.29, 0.717) is 12.5 Å². The average Bonchev–Trinajstić information content (AvgIpc) is 2.84. The van der Waals surface area contributed by atoms with Crippen LogP contribution < -0.4 is 11.4 Å². The summed E-state index contributed by atoms with van der Waals surface area (Å²) < 4.78 is 3.81. The van der Waals surface area contributed by atoms with Gasteiger partial charge in [-0.15, -0.1) is 0 Å². The molecule has 24 heavy (non-hydrogen) atoms. The lowest BCUT2D eigenvalue weighted by atomic mass is 10.1. The maximum atomic E-state index is 12.9. The van der Waals surface area contributed by atoms with Crippen molar-refractivity contribution in [1.29, 1.82) is 0 Å². The van der Waals surface area contributed by atoms with Gasteiger partial charge in [0.2, 0.25) is 0 Å². The molecule has 2 N–H and O–H groups in total. The number of fused-ring (bicyclic) bond motifs is 1. The Bertz CT molecular complexity index is 872. The van der Waals surface area contributed by atoms with Crippen molar-refractivity contribution in [2.45, 2.75) is 39.8 Å². The molecule has 4 heteroatoms. The van der Waals surface area contributed by atoms with Crippen LogP contribution in [0.5, 0.6) is 0 Å². The topological polar surface area (TPSA) is 53.0 Å². The molecule has 0 aliphatic carbocycles. The molecule has 2 aromatic carbocycles. The summed E-state index contributed by atoms with van der Waals surface area (Å²) >= 11 is 0. The van der Waals surface area contributed by atoms with E-state index in [4.69, 9.17) is 5.73 Å². The van der Waals surface area contributed by atoms with Gasteiger partial charge in [0.05, 0.1) is 11.0 Å². The lowest BCUT2D eigenvalue weighted by Gasteiger charge is -2.06. The number of nitrogens with two attached hydrogens (primary N) is 1. The van der Waals surface area contributed by atoms with Crippen molar-refractivity contribution in [3.8, 4) is 0 Å². The van der Waals surface area contributed by atoms with Gasteiger partial charge in [0.1, 0.15) is 0 Å². The van der Waals surface area contributed by atoms with Crippen LogP contribution in [0.15, 0.2) is 53.3 Å². The normalized spacial score (nSPS) is 11.5. The van der Waals surface area contributed by atoms with Gasteiger partial charge < -0.3 is 5.73 Å². The van der Waals surface area contributed by atoms with Crippen molar-refractivity contribution < 1.29 is 0 Å². The van der Waals surface area contributed by atoms with E-state index < -0.39 is 0 Å². The third kappa shape index (κ3) is 3.37. The zero-order valence-corrected chi connectivity index (χ0v) is 14.4. The number of nitrogens with zero attached hydrogens (tertiary/aromatic N) is 2. The van der Waals surface area contributed by atoms with Crippen LogP contribution in [-0.2, 0) is 19.5 Å². The van der Waals surface area contributed by atoms with Gasteiger partial charge in [-0.3, -0.25) is 9.13 Å². The largest absolute Gasteiger partial charge is 0.399 e. The van der Waals surface area contributed by atoms with Crippen LogP contribution in [0.1, 0.15) is 25.8 Å². The molecule has 0 unspecified atom stereocenters. The number of hydrogen-bond donors (Lipinski definition) is 1. The van der Waals surface area contributed by atoms with Gasteiger partial charge in [0.15, 0.2) is 0 Å². The van der Waals surface area contributed by atoms with E-state index in [0.717, 1.165) is 36.1 Å². The summed E-state index contributed by atoms with van der Waals surface area (Å²) in [5, 5.41) is 0. The average molecular weight is 323 g/mol. The van der Waals surface area contributed by atoms with Crippen LogP contribution in [0.25, 0.3) is 11.0 Å². The molecule has 0 fully saturated rings. The number of anilines is 1. The number of imidazole rings is 1. The first-order chi connectivity index (χ1) is 11.6. The van der Waals surface area contributed by atoms with Crippen molar-refractivity contribution in [1.82, 2.24) is 9.13 Å². The molecular formula is C20H25N3O. The van der Waals surface area contributed by atoms with Crippen molar-refractivity contribution in [2.75, 3.05) is 5.73 Å². The van der Waals surface area contributed by atoms with Crippen LogP contribution >= 0.6 is 0 Å². The van der Waals surface area contributed by atoms with Crippen LogP contribution in [-0.4, -0.2) is 9.13 Å². The van der Waals surface area contributed by atoms with Crippen LogP contribution in [0.3, 0.4) is 0 Å². The first-order valence-electron chi connectivity index (χ1n) is 8.58. The first kappa shape index (κ1) is 16.4. The first-order valence-corrected chi connectivity index (χ1v) is 8.58. The molecule has 4 nitrogen and oxygen atoms in total. The van der Waals surface area contributed by atoms with E-state index in [1.54, 1.807) is 0 Å². The summed E-state index contributed by atoms with van der Waals surface area (Å²) in [5.74, 6) is 0.578. The Hall–Kier alpha value is -2.49. The van der Waals surface area contributed by atoms with Gasteiger partial charge in [-0.1, -0.05) is 38.1 Å². The Balaban J connectivity index is 1.91. The highest BCUT2D eigenvalue weighted by atomic mass is 16.1. The second-order valence-corrected chi connectivity index (χ2v) is 6.75. The van der Waals surface area contributed by atoms with Crippen LogP contribution in [0.2, 0.25) is 0 Å². The Morgan fingerprint density at radius 1 is 0.917 bits per heavy atom. The molecular weight excluding hydrogens is 298 g/mol. The Morgan fingerprint density at radius 3 is 2.08 bits per heavy atom. The summed E-state index contributed by atoms with van der Waals surface area (Å²) in [6, 6.07) is 15.9. The van der Waals surface area contributed by atoms with Gasteiger partial charge in [-0.25, -0.2) is 4.79 Å². The van der Waals surface area contributed by atoms with Gasteiger partial charge in [-0.05, 0) is 48.6 Å². The number of benzene rings is 2. The molecule has 126 valence electrons. The Morgan fingerprint density at radius 2 is 1.50 bits per heavy atom. The van der Waals surface area contributed by atoms with Gasteiger partial charge in [-0.2, -0.15) is 0 Å². The van der Waals surface area contributed by atoms with E-state index in [1.165, 1.54) is 5.56 Å². The number of para-hydroxylation sites is 2. The molecule has 1 heterocycles. The molecule has 3 aromatic rings. The fourth-order valence-electron chi connectivity index (χ4n) is 3.02. The lowest BCUT2D eigenvalue weighted by Crippen LogP contribution is -2.25. The quantitative estimate of drug-likeness (QED) is 0.704. The summed E-state index contributed by atoms with van der Waals surface area (Å²) in [4.78, 5) is 12.9. The third-order valence-corrected chi connectivity index (χ3v) is 4.46. The van der Waals surface area contributed by atoms with Crippen molar-refractivity contribution in [3.63, 3.8) is 0 Å². The molecule has 1 aromatic heterocycles. The smallest absolute Gasteiger partial charge is 0.329 e. The lowest BCUT2D eigenvalue weighted by molar-refractivity contribution is 0.507. The second-order valence-electron chi connectivity index (χ2n) is 6.75. The predicted octanol–water partition coefficient (Wildman–Crippen LogP) is 3.67. The van der Waals surface area contributed by atoms with Crippen molar-refractivity contribution in [2.24, 2.45) is 5.92 Å². The summed E-state index contributed by atoms with van der Waals surface area (Å²) in [5.41, 5.74) is 9.82. The number of hydrogen-bond acceptors (Lipinski definition) is 2. The molecule has 0 aliphatic rings.